The summed E-state index contributed by atoms with van der Waals surface area (Å²) in [6.07, 6.45) is 4.87. The van der Waals surface area contributed by atoms with Crippen LogP contribution in [0.15, 0.2) is 0 Å². The van der Waals surface area contributed by atoms with Crippen LogP contribution in [0.5, 0.6) is 0 Å². The van der Waals surface area contributed by atoms with Gasteiger partial charge in [0.2, 0.25) is 0 Å². The maximum atomic E-state index is 12.1. The molecule has 1 heterocycles. The van der Waals surface area contributed by atoms with E-state index in [2.05, 4.69) is 5.32 Å². The van der Waals surface area contributed by atoms with Crippen LogP contribution < -0.4 is 5.32 Å². The van der Waals surface area contributed by atoms with E-state index in [0.717, 1.165) is 25.9 Å². The van der Waals surface area contributed by atoms with Gasteiger partial charge in [0.05, 0.1) is 0 Å². The number of hydrogen-bond donors (Lipinski definition) is 1. The van der Waals surface area contributed by atoms with E-state index in [0.29, 0.717) is 17.1 Å². The van der Waals surface area contributed by atoms with Crippen molar-refractivity contribution in [1.29, 1.82) is 0 Å². The average Bonchev–Trinajstić information content (AvgIpc) is 2.13. The number of nitrogens with one attached hydrogen (secondary N) is 1. The van der Waals surface area contributed by atoms with Gasteiger partial charge in [-0.25, -0.2) is 0 Å². The average molecular weight is 209 g/mol. The van der Waals surface area contributed by atoms with Gasteiger partial charge in [0.15, 0.2) is 0 Å². The van der Waals surface area contributed by atoms with E-state index in [1.54, 1.807) is 0 Å². The fourth-order valence-corrected chi connectivity index (χ4v) is 3.15. The van der Waals surface area contributed by atoms with Crippen molar-refractivity contribution >= 4 is 5.78 Å². The predicted molar refractivity (Wildman–Crippen MR) is 61.7 cm³/mol. The fourth-order valence-electron chi connectivity index (χ4n) is 3.15. The van der Waals surface area contributed by atoms with Gasteiger partial charge in [0.1, 0.15) is 5.78 Å². The van der Waals surface area contributed by atoms with Crippen molar-refractivity contribution in [3.8, 4) is 0 Å². The van der Waals surface area contributed by atoms with Gasteiger partial charge < -0.3 is 5.32 Å². The summed E-state index contributed by atoms with van der Waals surface area (Å²) in [4.78, 5) is 12.1. The minimum absolute atomic E-state index is 0.140. The molecule has 1 N–H and O–H groups in total. The standard InChI is InChI=1S/C13H23NO/c1-12(2,3)11(15)10-8-13(9-10)4-6-14-7-5-13/h10,14H,4-9H2,1-3H3. The summed E-state index contributed by atoms with van der Waals surface area (Å²) in [6.45, 7) is 8.43. The lowest BCUT2D eigenvalue weighted by molar-refractivity contribution is -0.139. The van der Waals surface area contributed by atoms with Gasteiger partial charge in [-0.3, -0.25) is 4.79 Å². The number of Topliss-reactive ketones (excluding diaryl/α,β-unsaturated/α-hetero) is 1. The van der Waals surface area contributed by atoms with Crippen molar-refractivity contribution in [2.45, 2.75) is 46.5 Å². The highest BCUT2D eigenvalue weighted by atomic mass is 16.1. The third-order valence-corrected chi connectivity index (χ3v) is 4.13. The molecule has 0 bridgehead atoms. The molecule has 0 unspecified atom stereocenters. The molecule has 1 spiro atoms. The third kappa shape index (κ3) is 2.10. The molecule has 2 rings (SSSR count). The minimum Gasteiger partial charge on any atom is -0.317 e. The van der Waals surface area contributed by atoms with Crippen molar-refractivity contribution in [3.63, 3.8) is 0 Å². The minimum atomic E-state index is -0.140. The molecule has 2 fully saturated rings. The van der Waals surface area contributed by atoms with Crippen molar-refractivity contribution < 1.29 is 4.79 Å². The summed E-state index contributed by atoms with van der Waals surface area (Å²) >= 11 is 0. The van der Waals surface area contributed by atoms with E-state index < -0.39 is 0 Å². The van der Waals surface area contributed by atoms with Crippen LogP contribution in [0.2, 0.25) is 0 Å². The number of ketones is 1. The number of carbonyl (C=O) groups is 1. The number of piperidine rings is 1. The Kier molecular flexibility index (Phi) is 2.66. The molecule has 15 heavy (non-hydrogen) atoms. The van der Waals surface area contributed by atoms with Crippen LogP contribution in [-0.2, 0) is 4.79 Å². The highest BCUT2D eigenvalue weighted by Crippen LogP contribution is 2.53. The number of rotatable bonds is 1. The van der Waals surface area contributed by atoms with E-state index in [1.165, 1.54) is 12.8 Å². The van der Waals surface area contributed by atoms with E-state index in [1.807, 2.05) is 20.8 Å². The van der Waals surface area contributed by atoms with Crippen LogP contribution >= 0.6 is 0 Å². The van der Waals surface area contributed by atoms with Crippen molar-refractivity contribution in [3.05, 3.63) is 0 Å². The summed E-state index contributed by atoms with van der Waals surface area (Å²) in [7, 11) is 0. The molecule has 1 aliphatic carbocycles. The molecule has 86 valence electrons. The van der Waals surface area contributed by atoms with Crippen LogP contribution in [0, 0.1) is 16.7 Å². The first-order valence-electron chi connectivity index (χ1n) is 6.18. The summed E-state index contributed by atoms with van der Waals surface area (Å²) < 4.78 is 0. The zero-order chi connectivity index (χ0) is 11.1. The van der Waals surface area contributed by atoms with Crippen LogP contribution in [0.3, 0.4) is 0 Å². The molecule has 0 radical (unpaired) electrons. The van der Waals surface area contributed by atoms with E-state index >= 15 is 0 Å². The van der Waals surface area contributed by atoms with Gasteiger partial charge in [0, 0.05) is 11.3 Å². The zero-order valence-corrected chi connectivity index (χ0v) is 10.2. The normalized spacial score (nSPS) is 26.3. The molecule has 2 nitrogen and oxygen atoms in total. The molecule has 0 aromatic carbocycles. The van der Waals surface area contributed by atoms with Gasteiger partial charge in [-0.05, 0) is 44.2 Å². The molecule has 2 heteroatoms. The Bertz CT molecular complexity index is 250. The Morgan fingerprint density at radius 3 is 2.20 bits per heavy atom. The predicted octanol–water partition coefficient (Wildman–Crippen LogP) is 2.38. The maximum absolute atomic E-state index is 12.1. The Balaban J connectivity index is 1.89. The van der Waals surface area contributed by atoms with Gasteiger partial charge in [-0.2, -0.15) is 0 Å². The van der Waals surface area contributed by atoms with E-state index in [4.69, 9.17) is 0 Å². The van der Waals surface area contributed by atoms with E-state index in [9.17, 15) is 4.79 Å². The van der Waals surface area contributed by atoms with Crippen LogP contribution in [0.4, 0.5) is 0 Å². The molecule has 1 saturated heterocycles. The lowest BCUT2D eigenvalue weighted by Gasteiger charge is -2.51. The van der Waals surface area contributed by atoms with Crippen molar-refractivity contribution in [1.82, 2.24) is 5.32 Å². The third-order valence-electron chi connectivity index (χ3n) is 4.13. The van der Waals surface area contributed by atoms with Crippen molar-refractivity contribution in [2.24, 2.45) is 16.7 Å². The first-order valence-corrected chi connectivity index (χ1v) is 6.18. The SMILES string of the molecule is CC(C)(C)C(=O)C1CC2(CCNCC2)C1. The van der Waals surface area contributed by atoms with Gasteiger partial charge in [0.25, 0.3) is 0 Å². The summed E-state index contributed by atoms with van der Waals surface area (Å²) in [5, 5.41) is 3.40. The lowest BCUT2D eigenvalue weighted by Crippen LogP contribution is -2.49. The smallest absolute Gasteiger partial charge is 0.141 e. The quantitative estimate of drug-likeness (QED) is 0.718. The summed E-state index contributed by atoms with van der Waals surface area (Å²) in [5.74, 6) is 0.842. The number of carbonyl (C=O) groups excluding carboxylic acids is 1. The Hall–Kier alpha value is -0.370. The second-order valence-corrected chi connectivity index (χ2v) is 6.47. The fraction of sp³-hybridized carbons (Fsp3) is 0.923. The van der Waals surface area contributed by atoms with Gasteiger partial charge in [-0.15, -0.1) is 0 Å². The maximum Gasteiger partial charge on any atom is 0.141 e. The Labute approximate surface area is 92.8 Å². The molecule has 0 aromatic heterocycles. The lowest BCUT2D eigenvalue weighted by atomic mass is 9.55. The van der Waals surface area contributed by atoms with Crippen LogP contribution in [0.25, 0.3) is 0 Å². The number of hydrogen-bond acceptors (Lipinski definition) is 2. The van der Waals surface area contributed by atoms with Gasteiger partial charge in [-0.1, -0.05) is 20.8 Å². The molecule has 0 aromatic rings. The first-order chi connectivity index (χ1) is 6.93. The summed E-state index contributed by atoms with van der Waals surface area (Å²) in [5.41, 5.74) is 0.399. The Morgan fingerprint density at radius 1 is 1.20 bits per heavy atom. The molecule has 1 aliphatic heterocycles. The van der Waals surface area contributed by atoms with Crippen molar-refractivity contribution in [2.75, 3.05) is 13.1 Å². The second-order valence-electron chi connectivity index (χ2n) is 6.47. The molecule has 0 atom stereocenters. The molecular weight excluding hydrogens is 186 g/mol. The molecule has 0 amide bonds. The van der Waals surface area contributed by atoms with E-state index in [-0.39, 0.29) is 5.41 Å². The molecule has 1 saturated carbocycles. The molecular formula is C13H23NO. The van der Waals surface area contributed by atoms with Crippen LogP contribution in [0.1, 0.15) is 46.5 Å². The molecule has 2 aliphatic rings. The topological polar surface area (TPSA) is 29.1 Å². The largest absolute Gasteiger partial charge is 0.317 e. The second kappa shape index (κ2) is 3.58. The highest BCUT2D eigenvalue weighted by Gasteiger charge is 2.48. The zero-order valence-electron chi connectivity index (χ0n) is 10.2. The highest BCUT2D eigenvalue weighted by molar-refractivity contribution is 5.86. The van der Waals surface area contributed by atoms with Crippen LogP contribution in [-0.4, -0.2) is 18.9 Å². The van der Waals surface area contributed by atoms with Gasteiger partial charge >= 0.3 is 0 Å². The summed E-state index contributed by atoms with van der Waals surface area (Å²) in [6, 6.07) is 0. The monoisotopic (exact) mass is 209 g/mol. The Morgan fingerprint density at radius 2 is 1.73 bits per heavy atom. The first kappa shape index (κ1) is 11.1.